The summed E-state index contributed by atoms with van der Waals surface area (Å²) in [4.78, 5) is 0. The largest absolute Gasteiger partial charge is 0.491 e. The number of rotatable bonds is 7. The van der Waals surface area contributed by atoms with E-state index in [1.807, 2.05) is 42.5 Å². The second-order valence-corrected chi connectivity index (χ2v) is 4.27. The molecule has 0 fully saturated rings. The first-order valence-corrected chi connectivity index (χ1v) is 6.44. The van der Waals surface area contributed by atoms with E-state index in [1.54, 1.807) is 0 Å². The van der Waals surface area contributed by atoms with Crippen LogP contribution < -0.4 is 10.5 Å². The van der Waals surface area contributed by atoms with Crippen molar-refractivity contribution in [3.05, 3.63) is 60.2 Å². The zero-order chi connectivity index (χ0) is 13.3. The Morgan fingerprint density at radius 2 is 1.68 bits per heavy atom. The van der Waals surface area contributed by atoms with Gasteiger partial charge in [0.25, 0.3) is 0 Å². The first kappa shape index (κ1) is 13.4. The highest BCUT2D eigenvalue weighted by molar-refractivity contribution is 5.43. The molecule has 0 spiro atoms. The summed E-state index contributed by atoms with van der Waals surface area (Å²) in [5, 5.41) is 0. The van der Waals surface area contributed by atoms with Crippen LogP contribution in [0.5, 0.6) is 5.75 Å². The minimum Gasteiger partial charge on any atom is -0.491 e. The van der Waals surface area contributed by atoms with Gasteiger partial charge in [0.2, 0.25) is 0 Å². The summed E-state index contributed by atoms with van der Waals surface area (Å²) in [5.41, 5.74) is 7.67. The van der Waals surface area contributed by atoms with Crippen molar-refractivity contribution in [2.45, 2.75) is 6.42 Å². The van der Waals surface area contributed by atoms with Gasteiger partial charge in [-0.15, -0.1) is 0 Å². The van der Waals surface area contributed by atoms with E-state index >= 15 is 0 Å². The lowest BCUT2D eigenvalue weighted by Gasteiger charge is -2.07. The van der Waals surface area contributed by atoms with Crippen molar-refractivity contribution in [2.75, 3.05) is 25.6 Å². The molecule has 2 aromatic rings. The highest BCUT2D eigenvalue weighted by Gasteiger charge is 1.95. The molecular formula is C16H19NO2. The third kappa shape index (κ3) is 5.02. The molecule has 0 aliphatic rings. The molecule has 0 amide bonds. The van der Waals surface area contributed by atoms with E-state index in [2.05, 4.69) is 12.1 Å². The number of ether oxygens (including phenoxy) is 2. The summed E-state index contributed by atoms with van der Waals surface area (Å²) in [6.07, 6.45) is 0.930. The fraction of sp³-hybridized carbons (Fsp3) is 0.250. The highest BCUT2D eigenvalue weighted by atomic mass is 16.5. The van der Waals surface area contributed by atoms with Crippen molar-refractivity contribution in [3.8, 4) is 5.75 Å². The molecule has 0 aromatic heterocycles. The van der Waals surface area contributed by atoms with Gasteiger partial charge < -0.3 is 15.2 Å². The van der Waals surface area contributed by atoms with E-state index in [0.29, 0.717) is 25.5 Å². The quantitative estimate of drug-likeness (QED) is 0.612. The summed E-state index contributed by atoms with van der Waals surface area (Å²) in [6.45, 7) is 1.84. The van der Waals surface area contributed by atoms with Crippen LogP contribution in [0, 0.1) is 0 Å². The molecule has 0 aliphatic heterocycles. The van der Waals surface area contributed by atoms with Crippen molar-refractivity contribution in [2.24, 2.45) is 0 Å². The second-order valence-electron chi connectivity index (χ2n) is 4.27. The maximum Gasteiger partial charge on any atom is 0.121 e. The van der Waals surface area contributed by atoms with Gasteiger partial charge in [-0.25, -0.2) is 0 Å². The molecule has 0 heterocycles. The Kier molecular flexibility index (Phi) is 5.26. The molecule has 0 bridgehead atoms. The first-order chi connectivity index (χ1) is 9.34. The Balaban J connectivity index is 1.58. The SMILES string of the molecule is Nc1cccc(OCCOCCc2ccccc2)c1. The van der Waals surface area contributed by atoms with Crippen LogP contribution in [0.25, 0.3) is 0 Å². The average molecular weight is 257 g/mol. The molecule has 2 rings (SSSR count). The molecular weight excluding hydrogens is 238 g/mol. The standard InChI is InChI=1S/C16H19NO2/c17-15-7-4-8-16(13-15)19-12-11-18-10-9-14-5-2-1-3-6-14/h1-8,13H,9-12,17H2. The Bertz CT molecular complexity index is 485. The van der Waals surface area contributed by atoms with Crippen LogP contribution in [-0.2, 0) is 11.2 Å². The Labute approximate surface area is 114 Å². The van der Waals surface area contributed by atoms with Crippen LogP contribution in [0.2, 0.25) is 0 Å². The fourth-order valence-corrected chi connectivity index (χ4v) is 1.76. The second kappa shape index (κ2) is 7.44. The number of anilines is 1. The summed E-state index contributed by atoms with van der Waals surface area (Å²) in [6, 6.07) is 17.7. The van der Waals surface area contributed by atoms with E-state index < -0.39 is 0 Å². The van der Waals surface area contributed by atoms with Crippen molar-refractivity contribution in [3.63, 3.8) is 0 Å². The van der Waals surface area contributed by atoms with Gasteiger partial charge in [-0.3, -0.25) is 0 Å². The topological polar surface area (TPSA) is 44.5 Å². The zero-order valence-corrected chi connectivity index (χ0v) is 10.9. The van der Waals surface area contributed by atoms with Crippen molar-refractivity contribution in [1.29, 1.82) is 0 Å². The third-order valence-corrected chi connectivity index (χ3v) is 2.73. The number of benzene rings is 2. The maximum absolute atomic E-state index is 5.66. The van der Waals surface area contributed by atoms with E-state index in [9.17, 15) is 0 Å². The Hall–Kier alpha value is -2.00. The van der Waals surface area contributed by atoms with E-state index in [-0.39, 0.29) is 0 Å². The summed E-state index contributed by atoms with van der Waals surface area (Å²) < 4.78 is 11.1. The van der Waals surface area contributed by atoms with Crippen LogP contribution >= 0.6 is 0 Å². The highest BCUT2D eigenvalue weighted by Crippen LogP contribution is 2.13. The van der Waals surface area contributed by atoms with Crippen LogP contribution in [0.1, 0.15) is 5.56 Å². The molecule has 2 aromatic carbocycles. The lowest BCUT2D eigenvalue weighted by atomic mass is 10.2. The van der Waals surface area contributed by atoms with Crippen molar-refractivity contribution < 1.29 is 9.47 Å². The van der Waals surface area contributed by atoms with Gasteiger partial charge in [-0.2, -0.15) is 0 Å². The summed E-state index contributed by atoms with van der Waals surface area (Å²) in [5.74, 6) is 0.784. The molecule has 19 heavy (non-hydrogen) atoms. The van der Waals surface area contributed by atoms with Gasteiger partial charge in [0.05, 0.1) is 13.2 Å². The number of hydrogen-bond acceptors (Lipinski definition) is 3. The van der Waals surface area contributed by atoms with Crippen LogP contribution in [-0.4, -0.2) is 19.8 Å². The molecule has 0 saturated carbocycles. The van der Waals surface area contributed by atoms with Gasteiger partial charge in [-0.05, 0) is 24.1 Å². The third-order valence-electron chi connectivity index (χ3n) is 2.73. The van der Waals surface area contributed by atoms with Gasteiger partial charge >= 0.3 is 0 Å². The predicted octanol–water partition coefficient (Wildman–Crippen LogP) is 2.91. The van der Waals surface area contributed by atoms with Crippen molar-refractivity contribution >= 4 is 5.69 Å². The fourth-order valence-electron chi connectivity index (χ4n) is 1.76. The number of nitrogen functional groups attached to an aromatic ring is 1. The monoisotopic (exact) mass is 257 g/mol. The zero-order valence-electron chi connectivity index (χ0n) is 10.9. The smallest absolute Gasteiger partial charge is 0.121 e. The summed E-state index contributed by atoms with van der Waals surface area (Å²) in [7, 11) is 0. The lowest BCUT2D eigenvalue weighted by molar-refractivity contribution is 0.102. The molecule has 0 radical (unpaired) electrons. The van der Waals surface area contributed by atoms with Crippen LogP contribution in [0.4, 0.5) is 5.69 Å². The van der Waals surface area contributed by atoms with Crippen molar-refractivity contribution in [1.82, 2.24) is 0 Å². The molecule has 0 aliphatic carbocycles. The molecule has 0 saturated heterocycles. The van der Waals surface area contributed by atoms with Crippen LogP contribution in [0.15, 0.2) is 54.6 Å². The minimum absolute atomic E-state index is 0.540. The molecule has 3 nitrogen and oxygen atoms in total. The first-order valence-electron chi connectivity index (χ1n) is 6.44. The van der Waals surface area contributed by atoms with E-state index in [4.69, 9.17) is 15.2 Å². The van der Waals surface area contributed by atoms with Gasteiger partial charge in [0.1, 0.15) is 12.4 Å². The maximum atomic E-state index is 5.66. The normalized spacial score (nSPS) is 10.3. The van der Waals surface area contributed by atoms with E-state index in [1.165, 1.54) is 5.56 Å². The number of nitrogens with two attached hydrogens (primary N) is 1. The molecule has 0 atom stereocenters. The molecule has 0 unspecified atom stereocenters. The minimum atomic E-state index is 0.540. The summed E-state index contributed by atoms with van der Waals surface area (Å²) >= 11 is 0. The molecule has 2 N–H and O–H groups in total. The predicted molar refractivity (Wildman–Crippen MR) is 77.3 cm³/mol. The van der Waals surface area contributed by atoms with Crippen LogP contribution in [0.3, 0.4) is 0 Å². The number of hydrogen-bond donors (Lipinski definition) is 1. The van der Waals surface area contributed by atoms with E-state index in [0.717, 1.165) is 12.2 Å². The molecule has 100 valence electrons. The Morgan fingerprint density at radius 1 is 0.842 bits per heavy atom. The van der Waals surface area contributed by atoms with Gasteiger partial charge in [0.15, 0.2) is 0 Å². The average Bonchev–Trinajstić information content (AvgIpc) is 2.44. The Morgan fingerprint density at radius 3 is 2.47 bits per heavy atom. The van der Waals surface area contributed by atoms with Gasteiger partial charge in [-0.1, -0.05) is 36.4 Å². The van der Waals surface area contributed by atoms with Gasteiger partial charge in [0, 0.05) is 11.8 Å². The molecule has 3 heteroatoms. The lowest BCUT2D eigenvalue weighted by Crippen LogP contribution is -2.08.